The van der Waals surface area contributed by atoms with Crippen LogP contribution in [0.4, 0.5) is 22.0 Å². The lowest BCUT2D eigenvalue weighted by Gasteiger charge is -2.27. The van der Waals surface area contributed by atoms with Gasteiger partial charge in [0.2, 0.25) is 0 Å². The predicted octanol–water partition coefficient (Wildman–Crippen LogP) is 8.42. The zero-order valence-corrected chi connectivity index (χ0v) is 16.9. The number of fused-ring (bicyclic) bond motifs is 1. The maximum Gasteiger partial charge on any atom is 0.169 e. The first kappa shape index (κ1) is 21.8. The van der Waals surface area contributed by atoms with Gasteiger partial charge in [-0.05, 0) is 61.1 Å². The van der Waals surface area contributed by atoms with Crippen LogP contribution in [0.1, 0.15) is 69.9 Å². The molecule has 2 aromatic carbocycles. The molecule has 0 spiro atoms. The molecular weight excluding hydrogens is 383 g/mol. The number of halogens is 5. The third-order valence-corrected chi connectivity index (χ3v) is 6.07. The van der Waals surface area contributed by atoms with Crippen molar-refractivity contribution in [2.24, 2.45) is 11.8 Å². The molecular formula is C24H27F5. The Bertz CT molecular complexity index is 907. The van der Waals surface area contributed by atoms with Gasteiger partial charge < -0.3 is 0 Å². The molecule has 0 aromatic heterocycles. The van der Waals surface area contributed by atoms with Crippen LogP contribution in [-0.2, 0) is 6.42 Å². The Balaban J connectivity index is 1.97. The van der Waals surface area contributed by atoms with Crippen LogP contribution >= 0.6 is 0 Å². The Labute approximate surface area is 168 Å². The molecule has 0 amide bonds. The molecule has 1 aliphatic carbocycles. The zero-order valence-electron chi connectivity index (χ0n) is 16.9. The van der Waals surface area contributed by atoms with Crippen LogP contribution in [0.3, 0.4) is 0 Å². The summed E-state index contributed by atoms with van der Waals surface area (Å²) in [6.07, 6.45) is 5.72. The summed E-state index contributed by atoms with van der Waals surface area (Å²) < 4.78 is 73.3. The molecule has 5 heteroatoms. The Morgan fingerprint density at radius 2 is 1.59 bits per heavy atom. The third kappa shape index (κ3) is 4.34. The fourth-order valence-electron chi connectivity index (χ4n) is 4.48. The van der Waals surface area contributed by atoms with Gasteiger partial charge in [-0.3, -0.25) is 0 Å². The van der Waals surface area contributed by atoms with E-state index in [0.29, 0.717) is 31.6 Å². The molecule has 0 radical (unpaired) electrons. The minimum Gasteiger partial charge on any atom is -0.208 e. The third-order valence-electron chi connectivity index (χ3n) is 6.07. The first-order valence-electron chi connectivity index (χ1n) is 10.5. The van der Waals surface area contributed by atoms with E-state index in [2.05, 4.69) is 6.92 Å². The highest BCUT2D eigenvalue weighted by molar-refractivity contribution is 5.88. The van der Waals surface area contributed by atoms with Gasteiger partial charge >= 0.3 is 0 Å². The lowest BCUT2D eigenvalue weighted by atomic mass is 9.79. The normalized spacial score (nSPS) is 20.8. The Morgan fingerprint density at radius 1 is 0.897 bits per heavy atom. The van der Waals surface area contributed by atoms with Gasteiger partial charge in [-0.15, -0.1) is 0 Å². The van der Waals surface area contributed by atoms with E-state index in [-0.39, 0.29) is 10.9 Å². The molecule has 3 rings (SSSR count). The van der Waals surface area contributed by atoms with Crippen molar-refractivity contribution in [3.8, 4) is 0 Å². The molecule has 1 aliphatic rings. The summed E-state index contributed by atoms with van der Waals surface area (Å²) in [6.45, 7) is 3.92. The van der Waals surface area contributed by atoms with Crippen molar-refractivity contribution in [2.45, 2.75) is 65.2 Å². The highest BCUT2D eigenvalue weighted by Gasteiger charge is 2.28. The van der Waals surface area contributed by atoms with Crippen molar-refractivity contribution >= 4 is 16.6 Å². The number of benzene rings is 2. The second-order valence-electron chi connectivity index (χ2n) is 8.11. The van der Waals surface area contributed by atoms with Gasteiger partial charge in [-0.2, -0.15) is 0 Å². The molecule has 29 heavy (non-hydrogen) atoms. The summed E-state index contributed by atoms with van der Waals surface area (Å²) in [7, 11) is 0. The van der Waals surface area contributed by atoms with Gasteiger partial charge in [-0.25, -0.2) is 22.0 Å². The van der Waals surface area contributed by atoms with Crippen molar-refractivity contribution in [2.75, 3.05) is 0 Å². The first-order chi connectivity index (χ1) is 13.9. The van der Waals surface area contributed by atoms with E-state index < -0.39 is 46.0 Å². The van der Waals surface area contributed by atoms with Crippen LogP contribution in [0.2, 0.25) is 0 Å². The molecule has 0 N–H and O–H groups in total. The van der Waals surface area contributed by atoms with Crippen LogP contribution in [0, 0.1) is 29.3 Å². The van der Waals surface area contributed by atoms with Gasteiger partial charge in [0.25, 0.3) is 0 Å². The van der Waals surface area contributed by atoms with Gasteiger partial charge in [0, 0.05) is 11.5 Å². The van der Waals surface area contributed by atoms with Gasteiger partial charge in [-0.1, -0.05) is 39.2 Å². The molecule has 0 unspecified atom stereocenters. The molecule has 2 aromatic rings. The van der Waals surface area contributed by atoms with Gasteiger partial charge in [0.1, 0.15) is 11.6 Å². The molecule has 1 saturated carbocycles. The topological polar surface area (TPSA) is 0 Å². The fourth-order valence-corrected chi connectivity index (χ4v) is 4.48. The van der Waals surface area contributed by atoms with Crippen molar-refractivity contribution in [3.63, 3.8) is 0 Å². The highest BCUT2D eigenvalue weighted by Crippen LogP contribution is 2.40. The number of rotatable bonds is 6. The second kappa shape index (κ2) is 9.27. The summed E-state index contributed by atoms with van der Waals surface area (Å²) in [5, 5.41) is -0.490. The van der Waals surface area contributed by atoms with Crippen LogP contribution in [0.5, 0.6) is 0 Å². The quantitative estimate of drug-likeness (QED) is 0.419. The lowest BCUT2D eigenvalue weighted by molar-refractivity contribution is 0.261. The number of hydrogen-bond donors (Lipinski definition) is 0. The zero-order chi connectivity index (χ0) is 21.1. The number of aryl methyl sites for hydroxylation is 1. The Morgan fingerprint density at radius 3 is 2.21 bits per heavy atom. The van der Waals surface area contributed by atoms with Gasteiger partial charge in [0.15, 0.2) is 17.5 Å². The molecule has 0 atom stereocenters. The molecule has 0 heterocycles. The largest absolute Gasteiger partial charge is 0.208 e. The minimum atomic E-state index is -1.35. The fraction of sp³-hybridized carbons (Fsp3) is 0.500. The highest BCUT2D eigenvalue weighted by atomic mass is 19.2. The van der Waals surface area contributed by atoms with E-state index in [1.807, 2.05) is 6.92 Å². The molecule has 1 fully saturated rings. The molecule has 0 aliphatic heterocycles. The maximum absolute atomic E-state index is 14.9. The van der Waals surface area contributed by atoms with Crippen LogP contribution < -0.4 is 0 Å². The van der Waals surface area contributed by atoms with Crippen molar-refractivity contribution in [1.29, 1.82) is 0 Å². The van der Waals surface area contributed by atoms with Gasteiger partial charge in [0.05, 0.1) is 5.39 Å². The number of allylic oxidation sites excluding steroid dienone is 1. The van der Waals surface area contributed by atoms with E-state index >= 15 is 0 Å². The van der Waals surface area contributed by atoms with E-state index in [1.54, 1.807) is 0 Å². The summed E-state index contributed by atoms with van der Waals surface area (Å²) in [5.74, 6) is -6.09. The standard InChI is InChI=1S/C24H27F5/c1-3-5-14-7-9-15(10-8-14)20(25)23(28)18-12-11-16-13-17(6-4-2)21(26)24(29)19(16)22(18)27/h11-15H,3-10H2,1-2H3. The average Bonchev–Trinajstić information content (AvgIpc) is 2.72. The van der Waals surface area contributed by atoms with Crippen molar-refractivity contribution < 1.29 is 22.0 Å². The summed E-state index contributed by atoms with van der Waals surface area (Å²) >= 11 is 0. The number of hydrogen-bond acceptors (Lipinski definition) is 0. The molecule has 158 valence electrons. The smallest absolute Gasteiger partial charge is 0.169 e. The molecule has 0 saturated heterocycles. The van der Waals surface area contributed by atoms with Crippen LogP contribution in [0.15, 0.2) is 24.0 Å². The summed E-state index contributed by atoms with van der Waals surface area (Å²) in [6, 6.07) is 3.81. The van der Waals surface area contributed by atoms with Crippen molar-refractivity contribution in [1.82, 2.24) is 0 Å². The summed E-state index contributed by atoms with van der Waals surface area (Å²) in [5.41, 5.74) is -0.497. The average molecular weight is 410 g/mol. The minimum absolute atomic E-state index is 0.141. The van der Waals surface area contributed by atoms with E-state index in [4.69, 9.17) is 0 Å². The van der Waals surface area contributed by atoms with E-state index in [9.17, 15) is 22.0 Å². The monoisotopic (exact) mass is 410 g/mol. The lowest BCUT2D eigenvalue weighted by Crippen LogP contribution is -2.15. The molecule has 0 nitrogen and oxygen atoms in total. The van der Waals surface area contributed by atoms with Crippen molar-refractivity contribution in [3.05, 3.63) is 52.6 Å². The Kier molecular flexibility index (Phi) is 6.97. The predicted molar refractivity (Wildman–Crippen MR) is 107 cm³/mol. The van der Waals surface area contributed by atoms with Crippen LogP contribution in [0.25, 0.3) is 16.6 Å². The molecule has 0 bridgehead atoms. The first-order valence-corrected chi connectivity index (χ1v) is 10.5. The summed E-state index contributed by atoms with van der Waals surface area (Å²) in [4.78, 5) is 0. The van der Waals surface area contributed by atoms with E-state index in [0.717, 1.165) is 31.7 Å². The van der Waals surface area contributed by atoms with Crippen LogP contribution in [-0.4, -0.2) is 0 Å². The Hall–Kier alpha value is -1.91. The SMILES string of the molecule is CCCc1cc2ccc(C(F)=C(F)C3CCC(CCC)CC3)c(F)c2c(F)c1F. The van der Waals surface area contributed by atoms with E-state index in [1.165, 1.54) is 12.1 Å². The second-order valence-corrected chi connectivity index (χ2v) is 8.11. The maximum atomic E-state index is 14.9.